The van der Waals surface area contributed by atoms with Crippen LogP contribution >= 0.6 is 0 Å². The van der Waals surface area contributed by atoms with Gasteiger partial charge in [0.1, 0.15) is 17.2 Å². The molecule has 1 N–H and O–H groups in total. The smallest absolute Gasteiger partial charge is 0.410 e. The Balaban J connectivity index is 1.88. The molecule has 2 fully saturated rings. The molecule has 0 radical (unpaired) electrons. The summed E-state index contributed by atoms with van der Waals surface area (Å²) in [5, 5.41) is 9.81. The van der Waals surface area contributed by atoms with Crippen LogP contribution < -0.4 is 0 Å². The summed E-state index contributed by atoms with van der Waals surface area (Å²) in [6, 6.07) is 3.69. The number of likely N-dealkylation sites (tertiary alicyclic amines) is 1. The summed E-state index contributed by atoms with van der Waals surface area (Å²) < 4.78 is 21.2. The lowest BCUT2D eigenvalue weighted by molar-refractivity contribution is -0.124. The number of halogens is 1. The number of ether oxygens (including phenoxy) is 1. The standard InChI is InChI=1S/C26H38FNO4/c1-6-18-15-20(19-7-9-21(30)10-8-19)16-22(27)23(18)26(17(2)29)11-13-28(14-12-26)24(31)32-25(3,4)5/h15-16,19,21,30H,6-14H2,1-5H3. The molecule has 1 aliphatic heterocycles. The highest BCUT2D eigenvalue weighted by Crippen LogP contribution is 2.42. The molecule has 0 unspecified atom stereocenters. The lowest BCUT2D eigenvalue weighted by Gasteiger charge is -2.42. The van der Waals surface area contributed by atoms with E-state index in [-0.39, 0.29) is 29.7 Å². The van der Waals surface area contributed by atoms with Crippen molar-refractivity contribution in [3.63, 3.8) is 0 Å². The van der Waals surface area contributed by atoms with E-state index in [9.17, 15) is 14.7 Å². The average molecular weight is 448 g/mol. The number of amides is 1. The van der Waals surface area contributed by atoms with Gasteiger partial charge in [-0.2, -0.15) is 0 Å². The number of carbonyl (C=O) groups is 2. The van der Waals surface area contributed by atoms with Gasteiger partial charge < -0.3 is 14.7 Å². The molecule has 0 atom stereocenters. The molecule has 178 valence electrons. The molecule has 5 nitrogen and oxygen atoms in total. The Morgan fingerprint density at radius 2 is 1.75 bits per heavy atom. The minimum atomic E-state index is -0.921. The van der Waals surface area contributed by atoms with Crippen molar-refractivity contribution in [1.29, 1.82) is 0 Å². The Hall–Kier alpha value is -1.95. The molecule has 1 saturated carbocycles. The van der Waals surface area contributed by atoms with E-state index in [1.54, 1.807) is 17.9 Å². The van der Waals surface area contributed by atoms with Crippen LogP contribution in [-0.4, -0.2) is 46.7 Å². The van der Waals surface area contributed by atoms with Crippen LogP contribution in [0.25, 0.3) is 0 Å². The molecular weight excluding hydrogens is 409 g/mol. The molecule has 1 aliphatic carbocycles. The minimum absolute atomic E-state index is 0.0523. The Morgan fingerprint density at radius 3 is 2.25 bits per heavy atom. The molecule has 0 bridgehead atoms. The minimum Gasteiger partial charge on any atom is -0.444 e. The highest BCUT2D eigenvalue weighted by Gasteiger charge is 2.45. The topological polar surface area (TPSA) is 66.8 Å². The number of carbonyl (C=O) groups excluding carboxylic acids is 2. The van der Waals surface area contributed by atoms with Gasteiger partial charge in [-0.1, -0.05) is 13.0 Å². The highest BCUT2D eigenvalue weighted by molar-refractivity contribution is 5.89. The number of piperidine rings is 1. The molecule has 1 amide bonds. The predicted octanol–water partition coefficient (Wildman–Crippen LogP) is 5.26. The van der Waals surface area contributed by atoms with Gasteiger partial charge in [-0.3, -0.25) is 4.79 Å². The summed E-state index contributed by atoms with van der Waals surface area (Å²) in [6.45, 7) is 9.73. The second kappa shape index (κ2) is 9.50. The van der Waals surface area contributed by atoms with E-state index >= 15 is 4.39 Å². The van der Waals surface area contributed by atoms with Crippen LogP contribution in [0.15, 0.2) is 12.1 Å². The lowest BCUT2D eigenvalue weighted by atomic mass is 9.67. The first kappa shape index (κ1) is 24.7. The number of aryl methyl sites for hydroxylation is 1. The van der Waals surface area contributed by atoms with Crippen LogP contribution in [0, 0.1) is 5.82 Å². The van der Waals surface area contributed by atoms with Crippen LogP contribution in [0.1, 0.15) is 95.8 Å². The van der Waals surface area contributed by atoms with Crippen LogP contribution in [0.3, 0.4) is 0 Å². The Kier molecular flexibility index (Phi) is 7.33. The third kappa shape index (κ3) is 5.16. The van der Waals surface area contributed by atoms with Crippen molar-refractivity contribution in [3.05, 3.63) is 34.6 Å². The second-order valence-electron chi connectivity index (χ2n) is 10.5. The molecular formula is C26H38FNO4. The first-order valence-corrected chi connectivity index (χ1v) is 12.0. The number of nitrogens with zero attached hydrogens (tertiary/aromatic N) is 1. The summed E-state index contributed by atoms with van der Waals surface area (Å²) >= 11 is 0. The summed E-state index contributed by atoms with van der Waals surface area (Å²) in [4.78, 5) is 27.1. The first-order chi connectivity index (χ1) is 15.0. The Bertz CT molecular complexity index is 844. The van der Waals surface area contributed by atoms with Crippen molar-refractivity contribution in [2.24, 2.45) is 0 Å². The van der Waals surface area contributed by atoms with E-state index in [4.69, 9.17) is 4.74 Å². The van der Waals surface area contributed by atoms with E-state index in [1.807, 2.05) is 27.7 Å². The molecule has 0 aromatic heterocycles. The van der Waals surface area contributed by atoms with Crippen molar-refractivity contribution in [2.45, 2.75) is 103 Å². The number of benzene rings is 1. The summed E-state index contributed by atoms with van der Waals surface area (Å²) in [7, 11) is 0. The zero-order valence-corrected chi connectivity index (χ0v) is 20.2. The van der Waals surface area contributed by atoms with Crippen molar-refractivity contribution >= 4 is 11.9 Å². The zero-order valence-electron chi connectivity index (χ0n) is 20.2. The number of hydrogen-bond donors (Lipinski definition) is 1. The van der Waals surface area contributed by atoms with Crippen LogP contribution in [0.2, 0.25) is 0 Å². The van der Waals surface area contributed by atoms with Crippen molar-refractivity contribution in [2.75, 3.05) is 13.1 Å². The first-order valence-electron chi connectivity index (χ1n) is 12.0. The molecule has 1 saturated heterocycles. The molecule has 3 rings (SSSR count). The van der Waals surface area contributed by atoms with E-state index in [0.717, 1.165) is 36.8 Å². The summed E-state index contributed by atoms with van der Waals surface area (Å²) in [6.07, 6.45) is 3.97. The van der Waals surface area contributed by atoms with Gasteiger partial charge in [0.15, 0.2) is 0 Å². The molecule has 6 heteroatoms. The van der Waals surface area contributed by atoms with Crippen molar-refractivity contribution < 1.29 is 23.8 Å². The van der Waals surface area contributed by atoms with Gasteiger partial charge in [0.25, 0.3) is 0 Å². The lowest BCUT2D eigenvalue weighted by Crippen LogP contribution is -2.50. The van der Waals surface area contributed by atoms with Gasteiger partial charge in [0.2, 0.25) is 0 Å². The number of rotatable bonds is 4. The van der Waals surface area contributed by atoms with E-state index in [0.29, 0.717) is 37.9 Å². The van der Waals surface area contributed by atoms with Crippen LogP contribution in [0.5, 0.6) is 0 Å². The SMILES string of the molecule is CCc1cc(C2CCC(O)CC2)cc(F)c1C1(C(C)=O)CCN(C(=O)OC(C)(C)C)CC1. The fourth-order valence-electron chi connectivity index (χ4n) is 5.32. The summed E-state index contributed by atoms with van der Waals surface area (Å²) in [5.74, 6) is -0.121. The maximum Gasteiger partial charge on any atom is 0.410 e. The third-order valence-electron chi connectivity index (χ3n) is 7.16. The van der Waals surface area contributed by atoms with Crippen molar-refractivity contribution in [3.8, 4) is 0 Å². The average Bonchev–Trinajstić information content (AvgIpc) is 2.72. The third-order valence-corrected chi connectivity index (χ3v) is 7.16. The second-order valence-corrected chi connectivity index (χ2v) is 10.5. The normalized spacial score (nSPS) is 23.7. The van der Waals surface area contributed by atoms with Crippen LogP contribution in [0.4, 0.5) is 9.18 Å². The van der Waals surface area contributed by atoms with Gasteiger partial charge in [-0.15, -0.1) is 0 Å². The largest absolute Gasteiger partial charge is 0.444 e. The molecule has 2 aliphatic rings. The van der Waals surface area contributed by atoms with Gasteiger partial charge in [0.05, 0.1) is 11.5 Å². The number of aliphatic hydroxyl groups is 1. The van der Waals surface area contributed by atoms with E-state index < -0.39 is 11.0 Å². The number of Topliss-reactive ketones (excluding diaryl/α,β-unsaturated/α-hetero) is 1. The summed E-state index contributed by atoms with van der Waals surface area (Å²) in [5.41, 5.74) is 0.858. The monoisotopic (exact) mass is 447 g/mol. The quantitative estimate of drug-likeness (QED) is 0.683. The molecule has 0 spiro atoms. The fourth-order valence-corrected chi connectivity index (χ4v) is 5.32. The van der Waals surface area contributed by atoms with Gasteiger partial charge >= 0.3 is 6.09 Å². The van der Waals surface area contributed by atoms with Gasteiger partial charge in [0, 0.05) is 18.7 Å². The maximum atomic E-state index is 15.7. The highest BCUT2D eigenvalue weighted by atomic mass is 19.1. The number of ketones is 1. The number of hydrogen-bond acceptors (Lipinski definition) is 4. The van der Waals surface area contributed by atoms with Crippen LogP contribution in [-0.2, 0) is 21.4 Å². The molecule has 1 aromatic carbocycles. The zero-order chi connectivity index (χ0) is 23.7. The maximum absolute atomic E-state index is 15.7. The molecule has 1 heterocycles. The Morgan fingerprint density at radius 1 is 1.16 bits per heavy atom. The van der Waals surface area contributed by atoms with E-state index in [1.165, 1.54) is 0 Å². The molecule has 32 heavy (non-hydrogen) atoms. The van der Waals surface area contributed by atoms with E-state index in [2.05, 4.69) is 6.07 Å². The molecule has 1 aromatic rings. The van der Waals surface area contributed by atoms with Gasteiger partial charge in [-0.25, -0.2) is 9.18 Å². The number of aliphatic hydroxyl groups excluding tert-OH is 1. The van der Waals surface area contributed by atoms with Crippen molar-refractivity contribution in [1.82, 2.24) is 4.90 Å². The fraction of sp³-hybridized carbons (Fsp3) is 0.692. The predicted molar refractivity (Wildman–Crippen MR) is 122 cm³/mol. The Labute approximate surface area is 191 Å². The van der Waals surface area contributed by atoms with Gasteiger partial charge in [-0.05, 0) is 95.8 Å².